The van der Waals surface area contributed by atoms with Crippen LogP contribution in [0.5, 0.6) is 0 Å². The standard InChI is InChI=1S/C10H21B/c1-9(2)5-8(11)6-10(3,4)7-9/h8H,5-7,11H2,1-4H3. The highest BCUT2D eigenvalue weighted by atomic mass is 14.4. The molecule has 0 heterocycles. The van der Waals surface area contributed by atoms with Crippen molar-refractivity contribution in [2.24, 2.45) is 10.8 Å². The largest absolute Gasteiger partial charge is 0.105 e. The van der Waals surface area contributed by atoms with E-state index in [1.165, 1.54) is 19.3 Å². The first kappa shape index (κ1) is 9.16. The van der Waals surface area contributed by atoms with Crippen LogP contribution < -0.4 is 0 Å². The van der Waals surface area contributed by atoms with Crippen molar-refractivity contribution < 1.29 is 0 Å². The first-order valence-electron chi connectivity index (χ1n) is 4.81. The monoisotopic (exact) mass is 152 g/mol. The molecule has 1 rings (SSSR count). The molecule has 0 saturated heterocycles. The first-order chi connectivity index (χ1) is 4.81. The highest BCUT2D eigenvalue weighted by Crippen LogP contribution is 2.49. The second-order valence-electron chi connectivity index (χ2n) is 6.02. The number of hydrogen-bond donors (Lipinski definition) is 0. The van der Waals surface area contributed by atoms with Gasteiger partial charge in [0.2, 0.25) is 0 Å². The number of rotatable bonds is 0. The Bertz CT molecular complexity index is 131. The molecule has 1 aliphatic carbocycles. The molecule has 0 unspecified atom stereocenters. The van der Waals surface area contributed by atoms with E-state index < -0.39 is 0 Å². The Morgan fingerprint density at radius 2 is 1.36 bits per heavy atom. The summed E-state index contributed by atoms with van der Waals surface area (Å²) in [5, 5.41) is 0. The molecule has 0 aliphatic heterocycles. The van der Waals surface area contributed by atoms with Gasteiger partial charge in [-0.25, -0.2) is 0 Å². The van der Waals surface area contributed by atoms with E-state index in [2.05, 4.69) is 35.5 Å². The molecular weight excluding hydrogens is 131 g/mol. The molecule has 0 nitrogen and oxygen atoms in total. The molecule has 0 bridgehead atoms. The van der Waals surface area contributed by atoms with Crippen molar-refractivity contribution in [2.75, 3.05) is 0 Å². The molecule has 0 atom stereocenters. The maximum absolute atomic E-state index is 2.41. The van der Waals surface area contributed by atoms with Crippen LogP contribution >= 0.6 is 0 Å². The zero-order valence-electron chi connectivity index (χ0n) is 8.70. The molecule has 11 heavy (non-hydrogen) atoms. The lowest BCUT2D eigenvalue weighted by atomic mass is 9.57. The van der Waals surface area contributed by atoms with Crippen molar-refractivity contribution in [2.45, 2.75) is 52.8 Å². The molecule has 1 fully saturated rings. The summed E-state index contributed by atoms with van der Waals surface area (Å²) in [4.78, 5) is 0. The fourth-order valence-corrected chi connectivity index (χ4v) is 3.40. The van der Waals surface area contributed by atoms with Gasteiger partial charge < -0.3 is 0 Å². The summed E-state index contributed by atoms with van der Waals surface area (Å²) in [6.07, 6.45) is 4.22. The molecule has 0 aromatic heterocycles. The van der Waals surface area contributed by atoms with Crippen LogP contribution in [0.3, 0.4) is 0 Å². The smallest absolute Gasteiger partial charge is 0.0687 e. The molecule has 0 spiro atoms. The molecule has 0 amide bonds. The van der Waals surface area contributed by atoms with Crippen LogP contribution in [-0.2, 0) is 0 Å². The minimum Gasteiger partial charge on any atom is -0.0687 e. The van der Waals surface area contributed by atoms with Crippen molar-refractivity contribution >= 4 is 7.85 Å². The van der Waals surface area contributed by atoms with E-state index in [4.69, 9.17) is 0 Å². The van der Waals surface area contributed by atoms with Gasteiger partial charge in [0.25, 0.3) is 0 Å². The van der Waals surface area contributed by atoms with Gasteiger partial charge in [0.15, 0.2) is 0 Å². The second-order valence-corrected chi connectivity index (χ2v) is 6.02. The molecule has 1 heteroatoms. The minimum absolute atomic E-state index is 0.584. The summed E-state index contributed by atoms with van der Waals surface area (Å²) in [5.74, 6) is 0.925. The van der Waals surface area contributed by atoms with Crippen molar-refractivity contribution in [3.05, 3.63) is 0 Å². The van der Waals surface area contributed by atoms with Crippen LogP contribution in [0.25, 0.3) is 0 Å². The zero-order chi connectivity index (χ0) is 8.70. The third kappa shape index (κ3) is 2.54. The molecule has 0 aromatic rings. The average molecular weight is 152 g/mol. The summed E-state index contributed by atoms with van der Waals surface area (Å²) in [6.45, 7) is 9.63. The van der Waals surface area contributed by atoms with Crippen LogP contribution in [0.15, 0.2) is 0 Å². The fourth-order valence-electron chi connectivity index (χ4n) is 3.40. The maximum Gasteiger partial charge on any atom is 0.105 e. The van der Waals surface area contributed by atoms with Gasteiger partial charge in [-0.2, -0.15) is 0 Å². The predicted octanol–water partition coefficient (Wildman–Crippen LogP) is 2.64. The van der Waals surface area contributed by atoms with Gasteiger partial charge in [0.05, 0.1) is 0 Å². The van der Waals surface area contributed by atoms with Crippen molar-refractivity contribution in [3.63, 3.8) is 0 Å². The zero-order valence-corrected chi connectivity index (χ0v) is 8.70. The number of hydrogen-bond acceptors (Lipinski definition) is 0. The second kappa shape index (κ2) is 2.53. The van der Waals surface area contributed by atoms with Gasteiger partial charge in [-0.15, -0.1) is 0 Å². The SMILES string of the molecule is BC1CC(C)(C)CC(C)(C)C1. The van der Waals surface area contributed by atoms with Gasteiger partial charge in [0, 0.05) is 0 Å². The Labute approximate surface area is 72.2 Å². The van der Waals surface area contributed by atoms with E-state index in [1.54, 1.807) is 0 Å². The highest BCUT2D eigenvalue weighted by molar-refractivity contribution is 6.11. The maximum atomic E-state index is 2.41. The van der Waals surface area contributed by atoms with E-state index in [9.17, 15) is 0 Å². The quantitative estimate of drug-likeness (QED) is 0.468. The molecule has 1 saturated carbocycles. The van der Waals surface area contributed by atoms with Crippen LogP contribution in [0.4, 0.5) is 0 Å². The summed E-state index contributed by atoms with van der Waals surface area (Å²) >= 11 is 0. The van der Waals surface area contributed by atoms with Crippen molar-refractivity contribution in [1.29, 1.82) is 0 Å². The first-order valence-corrected chi connectivity index (χ1v) is 4.81. The molecule has 0 radical (unpaired) electrons. The molecule has 0 N–H and O–H groups in total. The van der Waals surface area contributed by atoms with Crippen molar-refractivity contribution in [3.8, 4) is 0 Å². The van der Waals surface area contributed by atoms with E-state index in [0.717, 1.165) is 5.82 Å². The van der Waals surface area contributed by atoms with Gasteiger partial charge in [-0.1, -0.05) is 46.4 Å². The van der Waals surface area contributed by atoms with Crippen LogP contribution in [0, 0.1) is 10.8 Å². The summed E-state index contributed by atoms with van der Waals surface area (Å²) in [6, 6.07) is 0. The Kier molecular flexibility index (Phi) is 2.11. The lowest BCUT2D eigenvalue weighted by Gasteiger charge is -2.44. The average Bonchev–Trinajstić information content (AvgIpc) is 1.49. The third-order valence-corrected chi connectivity index (χ3v) is 2.76. The molecule has 64 valence electrons. The molecule has 1 aliphatic rings. The topological polar surface area (TPSA) is 0 Å². The van der Waals surface area contributed by atoms with Crippen LogP contribution in [0.1, 0.15) is 47.0 Å². The molecular formula is C10H21B. The Balaban J connectivity index is 2.66. The predicted molar refractivity (Wildman–Crippen MR) is 53.7 cm³/mol. The van der Waals surface area contributed by atoms with E-state index in [-0.39, 0.29) is 0 Å². The van der Waals surface area contributed by atoms with Crippen LogP contribution in [-0.4, -0.2) is 7.85 Å². The Hall–Kier alpha value is 0.0649. The summed E-state index contributed by atoms with van der Waals surface area (Å²) in [5.41, 5.74) is 1.17. The minimum atomic E-state index is 0.584. The summed E-state index contributed by atoms with van der Waals surface area (Å²) < 4.78 is 0. The van der Waals surface area contributed by atoms with Crippen LogP contribution in [0.2, 0.25) is 5.82 Å². The third-order valence-electron chi connectivity index (χ3n) is 2.76. The van der Waals surface area contributed by atoms with Gasteiger partial charge in [0.1, 0.15) is 7.85 Å². The lowest BCUT2D eigenvalue weighted by molar-refractivity contribution is 0.117. The fraction of sp³-hybridized carbons (Fsp3) is 1.00. The normalized spacial score (nSPS) is 30.2. The van der Waals surface area contributed by atoms with Gasteiger partial charge in [-0.05, 0) is 17.3 Å². The van der Waals surface area contributed by atoms with Gasteiger partial charge >= 0.3 is 0 Å². The Morgan fingerprint density at radius 3 is 1.64 bits per heavy atom. The molecule has 0 aromatic carbocycles. The van der Waals surface area contributed by atoms with E-state index >= 15 is 0 Å². The van der Waals surface area contributed by atoms with Gasteiger partial charge in [-0.3, -0.25) is 0 Å². The highest BCUT2D eigenvalue weighted by Gasteiger charge is 2.36. The van der Waals surface area contributed by atoms with E-state index in [1.807, 2.05) is 0 Å². The summed E-state index contributed by atoms with van der Waals surface area (Å²) in [7, 11) is 2.39. The van der Waals surface area contributed by atoms with E-state index in [0.29, 0.717) is 10.8 Å². The van der Waals surface area contributed by atoms with Crippen molar-refractivity contribution in [1.82, 2.24) is 0 Å². The lowest BCUT2D eigenvalue weighted by Crippen LogP contribution is -2.31. The Morgan fingerprint density at radius 1 is 1.00 bits per heavy atom.